The monoisotopic (exact) mass is 461 g/mol. The van der Waals surface area contributed by atoms with Crippen molar-refractivity contribution in [2.24, 2.45) is 0 Å². The molecule has 0 N–H and O–H groups in total. The molecule has 146 valence electrons. The molecule has 0 saturated heterocycles. The zero-order chi connectivity index (χ0) is 19.9. The molecule has 0 bridgehead atoms. The van der Waals surface area contributed by atoms with Crippen LogP contribution in [0.4, 0.5) is 0 Å². The minimum absolute atomic E-state index is 0.0823. The van der Waals surface area contributed by atoms with Crippen molar-refractivity contribution in [1.82, 2.24) is 14.8 Å². The van der Waals surface area contributed by atoms with Gasteiger partial charge < -0.3 is 9.47 Å². The first-order valence-corrected chi connectivity index (χ1v) is 10.5. The van der Waals surface area contributed by atoms with Gasteiger partial charge in [0.15, 0.2) is 11.0 Å². The van der Waals surface area contributed by atoms with E-state index in [9.17, 15) is 4.79 Å². The Hall–Kier alpha value is -2.32. The van der Waals surface area contributed by atoms with Gasteiger partial charge in [0.2, 0.25) is 0 Å². The molecule has 2 aromatic carbocycles. The highest BCUT2D eigenvalue weighted by Gasteiger charge is 2.16. The Morgan fingerprint density at radius 2 is 1.68 bits per heavy atom. The lowest BCUT2D eigenvalue weighted by atomic mass is 10.3. The van der Waals surface area contributed by atoms with Crippen LogP contribution in [0.3, 0.4) is 0 Å². The van der Waals surface area contributed by atoms with E-state index in [2.05, 4.69) is 26.1 Å². The lowest BCUT2D eigenvalue weighted by Crippen LogP contribution is -2.07. The van der Waals surface area contributed by atoms with Crippen LogP contribution in [-0.4, -0.2) is 32.9 Å². The maximum absolute atomic E-state index is 11.4. The Balaban J connectivity index is 1.86. The molecular weight excluding hydrogens is 442 g/mol. The van der Waals surface area contributed by atoms with Crippen LogP contribution in [0, 0.1) is 0 Å². The second-order valence-corrected chi connectivity index (χ2v) is 7.75. The molecule has 28 heavy (non-hydrogen) atoms. The predicted octanol–water partition coefficient (Wildman–Crippen LogP) is 4.69. The van der Waals surface area contributed by atoms with Gasteiger partial charge >= 0.3 is 0 Å². The summed E-state index contributed by atoms with van der Waals surface area (Å²) >= 11 is 4.77. The van der Waals surface area contributed by atoms with E-state index < -0.39 is 0 Å². The topological polar surface area (TPSA) is 66.2 Å². The highest BCUT2D eigenvalue weighted by Crippen LogP contribution is 2.25. The third-order valence-electron chi connectivity index (χ3n) is 3.69. The Kier molecular flexibility index (Phi) is 7.11. The molecule has 0 spiro atoms. The molecule has 0 aliphatic rings. The van der Waals surface area contributed by atoms with Gasteiger partial charge in [-0.1, -0.05) is 27.7 Å². The SMILES string of the molecule is CCOc1ccc(-n2c(COc3ccc(Br)cc3)nnc2SCC(C)=O)cc1. The maximum Gasteiger partial charge on any atom is 0.196 e. The van der Waals surface area contributed by atoms with Gasteiger partial charge in [-0.25, -0.2) is 0 Å². The molecule has 1 heterocycles. The summed E-state index contributed by atoms with van der Waals surface area (Å²) in [6.07, 6.45) is 0. The molecular formula is C20H20BrN3O3S. The summed E-state index contributed by atoms with van der Waals surface area (Å²) in [7, 11) is 0. The van der Waals surface area contributed by atoms with Crippen molar-refractivity contribution in [3.8, 4) is 17.2 Å². The minimum Gasteiger partial charge on any atom is -0.494 e. The highest BCUT2D eigenvalue weighted by atomic mass is 79.9. The van der Waals surface area contributed by atoms with Gasteiger partial charge in [-0.05, 0) is 62.4 Å². The molecule has 0 saturated carbocycles. The molecule has 1 aromatic heterocycles. The summed E-state index contributed by atoms with van der Waals surface area (Å²) < 4.78 is 14.3. The molecule has 8 heteroatoms. The first-order valence-electron chi connectivity index (χ1n) is 8.75. The third-order valence-corrected chi connectivity index (χ3v) is 5.29. The molecule has 0 atom stereocenters. The zero-order valence-electron chi connectivity index (χ0n) is 15.6. The lowest BCUT2D eigenvalue weighted by molar-refractivity contribution is -0.114. The summed E-state index contributed by atoms with van der Waals surface area (Å²) in [6, 6.07) is 15.3. The number of benzene rings is 2. The number of Topliss-reactive ketones (excluding diaryl/α,β-unsaturated/α-hetero) is 1. The molecule has 3 rings (SSSR count). The van der Waals surface area contributed by atoms with Crippen molar-refractivity contribution in [2.75, 3.05) is 12.4 Å². The van der Waals surface area contributed by atoms with Crippen LogP contribution >= 0.6 is 27.7 Å². The summed E-state index contributed by atoms with van der Waals surface area (Å²) in [5, 5.41) is 9.18. The van der Waals surface area contributed by atoms with E-state index in [1.807, 2.05) is 60.0 Å². The third kappa shape index (κ3) is 5.36. The molecule has 6 nitrogen and oxygen atoms in total. The number of ketones is 1. The molecule has 3 aromatic rings. The standard InChI is InChI=1S/C20H20BrN3O3S/c1-3-26-17-10-6-16(7-11-17)24-19(22-23-20(24)28-13-14(2)25)12-27-18-8-4-15(21)5-9-18/h4-11H,3,12-13H2,1-2H3. The normalized spacial score (nSPS) is 10.7. The first-order chi connectivity index (χ1) is 13.6. The van der Waals surface area contributed by atoms with Gasteiger partial charge in [0, 0.05) is 10.2 Å². The van der Waals surface area contributed by atoms with E-state index in [1.54, 1.807) is 6.92 Å². The largest absolute Gasteiger partial charge is 0.494 e. The number of nitrogens with zero attached hydrogens (tertiary/aromatic N) is 3. The summed E-state index contributed by atoms with van der Waals surface area (Å²) in [5.74, 6) is 2.60. The van der Waals surface area contributed by atoms with E-state index in [0.717, 1.165) is 21.7 Å². The van der Waals surface area contributed by atoms with E-state index in [0.29, 0.717) is 23.3 Å². The molecule has 0 amide bonds. The Morgan fingerprint density at radius 3 is 2.32 bits per heavy atom. The second-order valence-electron chi connectivity index (χ2n) is 5.89. The number of carbonyl (C=O) groups is 1. The van der Waals surface area contributed by atoms with Crippen molar-refractivity contribution in [3.63, 3.8) is 0 Å². The highest BCUT2D eigenvalue weighted by molar-refractivity contribution is 9.10. The molecule has 0 fully saturated rings. The molecule has 0 radical (unpaired) electrons. The molecule has 0 unspecified atom stereocenters. The van der Waals surface area contributed by atoms with Crippen molar-refractivity contribution in [2.45, 2.75) is 25.6 Å². The summed E-state index contributed by atoms with van der Waals surface area (Å²) in [5.41, 5.74) is 0.883. The summed E-state index contributed by atoms with van der Waals surface area (Å²) in [4.78, 5) is 11.4. The average molecular weight is 462 g/mol. The number of halogens is 1. The fourth-order valence-corrected chi connectivity index (χ4v) is 3.48. The van der Waals surface area contributed by atoms with Crippen LogP contribution in [0.25, 0.3) is 5.69 Å². The van der Waals surface area contributed by atoms with Crippen LogP contribution < -0.4 is 9.47 Å². The van der Waals surface area contributed by atoms with Crippen molar-refractivity contribution < 1.29 is 14.3 Å². The van der Waals surface area contributed by atoms with E-state index in [1.165, 1.54) is 11.8 Å². The number of rotatable bonds is 9. The first kappa shape index (κ1) is 20.4. The predicted molar refractivity (Wildman–Crippen MR) is 112 cm³/mol. The van der Waals surface area contributed by atoms with Crippen LogP contribution in [0.5, 0.6) is 11.5 Å². The van der Waals surface area contributed by atoms with E-state index in [4.69, 9.17) is 9.47 Å². The summed E-state index contributed by atoms with van der Waals surface area (Å²) in [6.45, 7) is 4.37. The van der Waals surface area contributed by atoms with Gasteiger partial charge in [0.05, 0.1) is 12.4 Å². The van der Waals surface area contributed by atoms with E-state index >= 15 is 0 Å². The van der Waals surface area contributed by atoms with Gasteiger partial charge in [-0.3, -0.25) is 9.36 Å². The van der Waals surface area contributed by atoms with Crippen molar-refractivity contribution in [1.29, 1.82) is 0 Å². The quantitative estimate of drug-likeness (QED) is 0.430. The molecule has 0 aliphatic carbocycles. The number of thioether (sulfide) groups is 1. The number of hydrogen-bond acceptors (Lipinski definition) is 6. The molecule has 0 aliphatic heterocycles. The Bertz CT molecular complexity index is 927. The zero-order valence-corrected chi connectivity index (χ0v) is 18.0. The van der Waals surface area contributed by atoms with Gasteiger partial charge in [0.1, 0.15) is 23.9 Å². The van der Waals surface area contributed by atoms with Crippen LogP contribution in [0.2, 0.25) is 0 Å². The minimum atomic E-state index is 0.0823. The smallest absolute Gasteiger partial charge is 0.196 e. The Labute approximate surface area is 176 Å². The van der Waals surface area contributed by atoms with Gasteiger partial charge in [0.25, 0.3) is 0 Å². The van der Waals surface area contributed by atoms with Gasteiger partial charge in [-0.15, -0.1) is 10.2 Å². The Morgan fingerprint density at radius 1 is 1.04 bits per heavy atom. The van der Waals surface area contributed by atoms with Crippen LogP contribution in [-0.2, 0) is 11.4 Å². The van der Waals surface area contributed by atoms with Crippen LogP contribution in [0.1, 0.15) is 19.7 Å². The van der Waals surface area contributed by atoms with Crippen LogP contribution in [0.15, 0.2) is 58.2 Å². The average Bonchev–Trinajstić information content (AvgIpc) is 3.10. The number of ether oxygens (including phenoxy) is 2. The van der Waals surface area contributed by atoms with E-state index in [-0.39, 0.29) is 12.4 Å². The van der Waals surface area contributed by atoms with Crippen molar-refractivity contribution in [3.05, 3.63) is 58.8 Å². The fraction of sp³-hybridized carbons (Fsp3) is 0.250. The van der Waals surface area contributed by atoms with Gasteiger partial charge in [-0.2, -0.15) is 0 Å². The fourth-order valence-electron chi connectivity index (χ4n) is 2.45. The number of carbonyl (C=O) groups excluding carboxylic acids is 1. The maximum atomic E-state index is 11.4. The number of aromatic nitrogens is 3. The number of hydrogen-bond donors (Lipinski definition) is 0. The second kappa shape index (κ2) is 9.75. The van der Waals surface area contributed by atoms with Crippen molar-refractivity contribution >= 4 is 33.5 Å². The lowest BCUT2D eigenvalue weighted by Gasteiger charge is -2.12.